The van der Waals surface area contributed by atoms with Crippen LogP contribution in [0, 0.1) is 0 Å². The van der Waals surface area contributed by atoms with Gasteiger partial charge >= 0.3 is 0 Å². The van der Waals surface area contributed by atoms with Gasteiger partial charge in [-0.2, -0.15) is 0 Å². The van der Waals surface area contributed by atoms with Gasteiger partial charge in [0.25, 0.3) is 0 Å². The van der Waals surface area contributed by atoms with Gasteiger partial charge in [-0.05, 0) is 43.1 Å². The van der Waals surface area contributed by atoms with Gasteiger partial charge < -0.3 is 9.80 Å². The third-order valence-electron chi connectivity index (χ3n) is 5.53. The molecule has 2 aromatic rings. The molecule has 0 radical (unpaired) electrons. The number of fused-ring (bicyclic) bond motifs is 1. The summed E-state index contributed by atoms with van der Waals surface area (Å²) >= 11 is 12.5. The van der Waals surface area contributed by atoms with E-state index in [2.05, 4.69) is 45.0 Å². The Morgan fingerprint density at radius 2 is 1.54 bits per heavy atom. The highest BCUT2D eigenvalue weighted by molar-refractivity contribution is 6.43. The number of para-hydroxylation sites is 1. The van der Waals surface area contributed by atoms with Crippen molar-refractivity contribution in [3.8, 4) is 0 Å². The second-order valence-corrected chi connectivity index (χ2v) is 7.91. The van der Waals surface area contributed by atoms with Crippen molar-refractivity contribution in [2.75, 3.05) is 55.6 Å². The molecule has 0 bridgehead atoms. The van der Waals surface area contributed by atoms with E-state index < -0.39 is 0 Å². The van der Waals surface area contributed by atoms with Crippen LogP contribution in [0.3, 0.4) is 0 Å². The van der Waals surface area contributed by atoms with Gasteiger partial charge in [-0.1, -0.05) is 47.5 Å². The minimum Gasteiger partial charge on any atom is -0.371 e. The number of nitrogens with zero attached hydrogens (tertiary/aromatic N) is 3. The summed E-state index contributed by atoms with van der Waals surface area (Å²) in [5, 5.41) is 1.31. The van der Waals surface area contributed by atoms with Gasteiger partial charge in [0.05, 0.1) is 15.7 Å². The van der Waals surface area contributed by atoms with Crippen molar-refractivity contribution >= 4 is 34.6 Å². The molecule has 2 aliphatic rings. The van der Waals surface area contributed by atoms with Crippen molar-refractivity contribution in [2.45, 2.75) is 12.8 Å². The lowest BCUT2D eigenvalue weighted by molar-refractivity contribution is 0.256. The molecule has 1 fully saturated rings. The number of benzene rings is 2. The zero-order valence-electron chi connectivity index (χ0n) is 15.0. The molecule has 0 aromatic heterocycles. The second kappa shape index (κ2) is 8.08. The average Bonchev–Trinajstić information content (AvgIpc) is 3.08. The molecule has 5 heteroatoms. The van der Waals surface area contributed by atoms with Gasteiger partial charge in [0.2, 0.25) is 0 Å². The largest absolute Gasteiger partial charge is 0.371 e. The van der Waals surface area contributed by atoms with Crippen LogP contribution in [-0.4, -0.2) is 50.7 Å². The van der Waals surface area contributed by atoms with Gasteiger partial charge in [0.1, 0.15) is 0 Å². The molecule has 0 spiro atoms. The number of halogens is 2. The molecule has 1 saturated heterocycles. The monoisotopic (exact) mass is 389 g/mol. The van der Waals surface area contributed by atoms with E-state index in [0.717, 1.165) is 45.0 Å². The fourth-order valence-electron chi connectivity index (χ4n) is 4.07. The summed E-state index contributed by atoms with van der Waals surface area (Å²) in [6.07, 6.45) is 2.40. The third kappa shape index (κ3) is 3.80. The second-order valence-electron chi connectivity index (χ2n) is 7.12. The molecule has 2 aliphatic heterocycles. The van der Waals surface area contributed by atoms with Crippen LogP contribution < -0.4 is 9.80 Å². The number of rotatable bonds is 5. The summed E-state index contributed by atoms with van der Waals surface area (Å²) in [5.74, 6) is 0. The molecule has 0 atom stereocenters. The van der Waals surface area contributed by atoms with Crippen molar-refractivity contribution in [1.82, 2.24) is 4.90 Å². The van der Waals surface area contributed by atoms with E-state index in [9.17, 15) is 0 Å². The molecule has 138 valence electrons. The summed E-state index contributed by atoms with van der Waals surface area (Å²) < 4.78 is 0. The lowest BCUT2D eigenvalue weighted by atomic mass is 10.2. The topological polar surface area (TPSA) is 9.72 Å². The Bertz CT molecular complexity index is 757. The predicted octanol–water partition coefficient (Wildman–Crippen LogP) is 4.57. The molecule has 3 nitrogen and oxygen atoms in total. The predicted molar refractivity (Wildman–Crippen MR) is 112 cm³/mol. The Kier molecular flexibility index (Phi) is 5.58. The number of anilines is 2. The third-order valence-corrected chi connectivity index (χ3v) is 6.34. The van der Waals surface area contributed by atoms with Crippen LogP contribution in [0.25, 0.3) is 0 Å². The quantitative estimate of drug-likeness (QED) is 0.741. The Morgan fingerprint density at radius 1 is 0.769 bits per heavy atom. The maximum Gasteiger partial charge on any atom is 0.0825 e. The molecular formula is C21H25Cl2N3. The molecule has 0 amide bonds. The van der Waals surface area contributed by atoms with E-state index in [0.29, 0.717) is 10.0 Å². The molecule has 2 heterocycles. The average molecular weight is 390 g/mol. The van der Waals surface area contributed by atoms with Crippen molar-refractivity contribution < 1.29 is 0 Å². The number of hydrogen-bond donors (Lipinski definition) is 0. The van der Waals surface area contributed by atoms with Gasteiger partial charge in [0, 0.05) is 45.0 Å². The SMILES string of the molecule is Clc1cccc(N2CCN(CCCN3CCc4ccccc43)CC2)c1Cl. The summed E-state index contributed by atoms with van der Waals surface area (Å²) in [5.41, 5.74) is 4.00. The zero-order valence-corrected chi connectivity index (χ0v) is 16.5. The Labute approximate surface area is 166 Å². The first-order valence-corrected chi connectivity index (χ1v) is 10.2. The first-order valence-electron chi connectivity index (χ1n) is 9.46. The van der Waals surface area contributed by atoms with E-state index in [1.165, 1.54) is 30.6 Å². The minimum atomic E-state index is 0.637. The zero-order chi connectivity index (χ0) is 17.9. The van der Waals surface area contributed by atoms with Crippen molar-refractivity contribution in [3.63, 3.8) is 0 Å². The van der Waals surface area contributed by atoms with Gasteiger partial charge in [0.15, 0.2) is 0 Å². The maximum absolute atomic E-state index is 6.37. The highest BCUT2D eigenvalue weighted by atomic mass is 35.5. The van der Waals surface area contributed by atoms with Crippen molar-refractivity contribution in [2.24, 2.45) is 0 Å². The molecule has 0 unspecified atom stereocenters. The summed E-state index contributed by atoms with van der Waals surface area (Å²) in [7, 11) is 0. The lowest BCUT2D eigenvalue weighted by Gasteiger charge is -2.36. The lowest BCUT2D eigenvalue weighted by Crippen LogP contribution is -2.47. The molecule has 0 saturated carbocycles. The van der Waals surface area contributed by atoms with Crippen molar-refractivity contribution in [1.29, 1.82) is 0 Å². The van der Waals surface area contributed by atoms with E-state index in [1.54, 1.807) is 0 Å². The van der Waals surface area contributed by atoms with Crippen LogP contribution in [-0.2, 0) is 6.42 Å². The van der Waals surface area contributed by atoms with E-state index in [4.69, 9.17) is 23.2 Å². The molecule has 0 aliphatic carbocycles. The summed E-state index contributed by atoms with van der Waals surface area (Å²) in [6.45, 7) is 7.66. The highest BCUT2D eigenvalue weighted by Crippen LogP contribution is 2.33. The number of piperazine rings is 1. The Hall–Kier alpha value is -1.42. The fourth-order valence-corrected chi connectivity index (χ4v) is 4.49. The summed E-state index contributed by atoms with van der Waals surface area (Å²) in [6, 6.07) is 14.7. The van der Waals surface area contributed by atoms with E-state index in [-0.39, 0.29) is 0 Å². The van der Waals surface area contributed by atoms with Crippen molar-refractivity contribution in [3.05, 3.63) is 58.1 Å². The normalized spacial score (nSPS) is 17.6. The van der Waals surface area contributed by atoms with E-state index in [1.807, 2.05) is 12.1 Å². The molecular weight excluding hydrogens is 365 g/mol. The Balaban J connectivity index is 1.24. The molecule has 4 rings (SSSR count). The standard InChI is InChI=1S/C21H25Cl2N3/c22-18-6-3-8-20(21(18)23)26-15-13-24(14-16-26)10-4-11-25-12-9-17-5-1-2-7-19(17)25/h1-3,5-8H,4,9-16H2. The fraction of sp³-hybridized carbons (Fsp3) is 0.429. The first-order chi connectivity index (χ1) is 12.7. The van der Waals surface area contributed by atoms with Gasteiger partial charge in [-0.25, -0.2) is 0 Å². The van der Waals surface area contributed by atoms with Crippen LogP contribution in [0.2, 0.25) is 10.0 Å². The van der Waals surface area contributed by atoms with E-state index >= 15 is 0 Å². The van der Waals surface area contributed by atoms with Crippen LogP contribution >= 0.6 is 23.2 Å². The highest BCUT2D eigenvalue weighted by Gasteiger charge is 2.21. The number of hydrogen-bond acceptors (Lipinski definition) is 3. The molecule has 26 heavy (non-hydrogen) atoms. The van der Waals surface area contributed by atoms with Gasteiger partial charge in [-0.15, -0.1) is 0 Å². The van der Waals surface area contributed by atoms with Crippen LogP contribution in [0.15, 0.2) is 42.5 Å². The summed E-state index contributed by atoms with van der Waals surface area (Å²) in [4.78, 5) is 7.45. The van der Waals surface area contributed by atoms with Crippen LogP contribution in [0.5, 0.6) is 0 Å². The minimum absolute atomic E-state index is 0.637. The molecule has 2 aromatic carbocycles. The van der Waals surface area contributed by atoms with Crippen LogP contribution in [0.4, 0.5) is 11.4 Å². The smallest absolute Gasteiger partial charge is 0.0825 e. The maximum atomic E-state index is 6.37. The first kappa shape index (κ1) is 18.0. The molecule has 0 N–H and O–H groups in total. The van der Waals surface area contributed by atoms with Gasteiger partial charge in [-0.3, -0.25) is 4.90 Å². The van der Waals surface area contributed by atoms with Crippen LogP contribution in [0.1, 0.15) is 12.0 Å². The Morgan fingerprint density at radius 3 is 2.38 bits per heavy atom.